The van der Waals surface area contributed by atoms with Gasteiger partial charge in [-0.15, -0.1) is 0 Å². The second-order valence-electron chi connectivity index (χ2n) is 8.51. The molecule has 0 bridgehead atoms. The van der Waals surface area contributed by atoms with Crippen LogP contribution in [-0.2, 0) is 6.42 Å². The molecular formula is C25H25FN4O2. The fraction of sp³-hybridized carbons (Fsp3) is 0.320. The predicted octanol–water partition coefficient (Wildman–Crippen LogP) is 4.23. The van der Waals surface area contributed by atoms with Crippen molar-refractivity contribution in [3.63, 3.8) is 0 Å². The molecule has 1 fully saturated rings. The number of carbonyl (C=O) groups is 2. The van der Waals surface area contributed by atoms with Crippen LogP contribution in [0.4, 0.5) is 4.39 Å². The Morgan fingerprint density at radius 1 is 1.06 bits per heavy atom. The van der Waals surface area contributed by atoms with E-state index < -0.39 is 5.82 Å². The molecule has 1 aliphatic heterocycles. The van der Waals surface area contributed by atoms with Crippen LogP contribution in [0.2, 0.25) is 0 Å². The molecule has 3 aromatic rings. The second kappa shape index (κ2) is 8.57. The Morgan fingerprint density at radius 3 is 2.69 bits per heavy atom. The van der Waals surface area contributed by atoms with Crippen LogP contribution < -0.4 is 10.6 Å². The van der Waals surface area contributed by atoms with Crippen LogP contribution in [0, 0.1) is 5.82 Å². The lowest BCUT2D eigenvalue weighted by atomic mass is 9.95. The van der Waals surface area contributed by atoms with Gasteiger partial charge in [0.15, 0.2) is 0 Å². The van der Waals surface area contributed by atoms with E-state index in [1.807, 2.05) is 18.2 Å². The summed E-state index contributed by atoms with van der Waals surface area (Å²) in [5.41, 5.74) is 4.49. The number of H-pyrrole nitrogens is 1. The summed E-state index contributed by atoms with van der Waals surface area (Å²) in [6.07, 6.45) is 7.71. The van der Waals surface area contributed by atoms with Crippen molar-refractivity contribution in [1.82, 2.24) is 20.6 Å². The molecule has 32 heavy (non-hydrogen) atoms. The van der Waals surface area contributed by atoms with E-state index >= 15 is 0 Å². The number of hydrogen-bond acceptors (Lipinski definition) is 3. The van der Waals surface area contributed by atoms with Gasteiger partial charge in [-0.3, -0.25) is 14.6 Å². The Hall–Kier alpha value is -3.48. The number of amides is 2. The molecule has 3 heterocycles. The smallest absolute Gasteiger partial charge is 0.254 e. The number of nitrogens with one attached hydrogen (secondary N) is 3. The van der Waals surface area contributed by atoms with E-state index in [0.717, 1.165) is 49.1 Å². The highest BCUT2D eigenvalue weighted by Gasteiger charge is 2.21. The van der Waals surface area contributed by atoms with Crippen LogP contribution in [0.5, 0.6) is 0 Å². The first kappa shape index (κ1) is 20.4. The maximum Gasteiger partial charge on any atom is 0.254 e. The van der Waals surface area contributed by atoms with Gasteiger partial charge in [0.2, 0.25) is 0 Å². The number of aromatic amines is 1. The number of fused-ring (bicyclic) bond motifs is 1. The normalized spacial score (nSPS) is 16.3. The van der Waals surface area contributed by atoms with Gasteiger partial charge in [-0.1, -0.05) is 25.3 Å². The number of hydrogen-bond donors (Lipinski definition) is 3. The van der Waals surface area contributed by atoms with Gasteiger partial charge >= 0.3 is 0 Å². The van der Waals surface area contributed by atoms with Gasteiger partial charge < -0.3 is 15.6 Å². The minimum absolute atomic E-state index is 0.0542. The minimum Gasteiger partial charge on any atom is -0.358 e. The summed E-state index contributed by atoms with van der Waals surface area (Å²) in [7, 11) is 0. The SMILES string of the molecule is O=C(NC1CCCCC1)c1ccc(-c2cc(-c3cc4c([nH]3)CCNC4=O)ccn2)cc1F. The van der Waals surface area contributed by atoms with Crippen molar-refractivity contribution < 1.29 is 14.0 Å². The number of rotatable bonds is 4. The summed E-state index contributed by atoms with van der Waals surface area (Å²) in [4.78, 5) is 32.3. The van der Waals surface area contributed by atoms with Crippen molar-refractivity contribution >= 4 is 11.8 Å². The topological polar surface area (TPSA) is 86.9 Å². The quantitative estimate of drug-likeness (QED) is 0.577. The van der Waals surface area contributed by atoms with Crippen molar-refractivity contribution in [2.24, 2.45) is 0 Å². The standard InChI is InChI=1S/C25H25FN4O2/c26-20-12-15(6-7-18(20)25(32)29-17-4-2-1-3-5-17)22-13-16(8-10-27-22)23-14-19-21(30-23)9-11-28-24(19)31/h6-8,10,12-14,17,30H,1-5,9,11H2,(H,28,31)(H,29,32). The van der Waals surface area contributed by atoms with E-state index in [9.17, 15) is 14.0 Å². The van der Waals surface area contributed by atoms with Crippen molar-refractivity contribution in [3.05, 3.63) is 65.2 Å². The van der Waals surface area contributed by atoms with Gasteiger partial charge in [-0.05, 0) is 43.2 Å². The Balaban J connectivity index is 1.38. The average molecular weight is 432 g/mol. The van der Waals surface area contributed by atoms with Gasteiger partial charge in [-0.25, -0.2) is 4.39 Å². The summed E-state index contributed by atoms with van der Waals surface area (Å²) in [5.74, 6) is -1.000. The molecule has 7 heteroatoms. The fourth-order valence-electron chi connectivity index (χ4n) is 4.57. The predicted molar refractivity (Wildman–Crippen MR) is 120 cm³/mol. The molecule has 164 valence electrons. The van der Waals surface area contributed by atoms with Crippen LogP contribution in [-0.4, -0.2) is 34.4 Å². The molecule has 1 aromatic carbocycles. The Morgan fingerprint density at radius 2 is 1.91 bits per heavy atom. The third kappa shape index (κ3) is 4.02. The third-order valence-electron chi connectivity index (χ3n) is 6.33. The first-order valence-electron chi connectivity index (χ1n) is 11.2. The van der Waals surface area contributed by atoms with Crippen LogP contribution >= 0.6 is 0 Å². The van der Waals surface area contributed by atoms with Gasteiger partial charge in [0.25, 0.3) is 11.8 Å². The Kier molecular flexibility index (Phi) is 5.47. The van der Waals surface area contributed by atoms with E-state index in [-0.39, 0.29) is 23.4 Å². The summed E-state index contributed by atoms with van der Waals surface area (Å²) in [6.45, 7) is 0.618. The zero-order valence-corrected chi connectivity index (χ0v) is 17.7. The van der Waals surface area contributed by atoms with E-state index in [0.29, 0.717) is 23.4 Å². The number of carbonyl (C=O) groups excluding carboxylic acids is 2. The summed E-state index contributed by atoms with van der Waals surface area (Å²) >= 11 is 0. The van der Waals surface area contributed by atoms with Crippen LogP contribution in [0.25, 0.3) is 22.5 Å². The molecule has 1 saturated carbocycles. The van der Waals surface area contributed by atoms with Crippen LogP contribution in [0.1, 0.15) is 58.5 Å². The first-order valence-corrected chi connectivity index (χ1v) is 11.2. The molecule has 3 N–H and O–H groups in total. The second-order valence-corrected chi connectivity index (χ2v) is 8.51. The van der Waals surface area contributed by atoms with Crippen molar-refractivity contribution in [2.45, 2.75) is 44.6 Å². The van der Waals surface area contributed by atoms with E-state index in [1.165, 1.54) is 18.6 Å². The van der Waals surface area contributed by atoms with E-state index in [1.54, 1.807) is 12.3 Å². The average Bonchev–Trinajstić information content (AvgIpc) is 3.26. The van der Waals surface area contributed by atoms with Crippen LogP contribution in [0.3, 0.4) is 0 Å². The molecular weight excluding hydrogens is 407 g/mol. The fourth-order valence-corrected chi connectivity index (χ4v) is 4.57. The Labute approximate surface area is 185 Å². The van der Waals surface area contributed by atoms with Crippen molar-refractivity contribution in [3.8, 4) is 22.5 Å². The van der Waals surface area contributed by atoms with Gasteiger partial charge in [-0.2, -0.15) is 0 Å². The highest BCUT2D eigenvalue weighted by Crippen LogP contribution is 2.28. The van der Waals surface area contributed by atoms with Gasteiger partial charge in [0.05, 0.1) is 16.8 Å². The number of aromatic nitrogens is 2. The lowest BCUT2D eigenvalue weighted by Gasteiger charge is -2.22. The lowest BCUT2D eigenvalue weighted by Crippen LogP contribution is -2.36. The molecule has 2 aromatic heterocycles. The monoisotopic (exact) mass is 432 g/mol. The molecule has 0 atom stereocenters. The molecule has 0 saturated heterocycles. The molecule has 0 unspecified atom stereocenters. The van der Waals surface area contributed by atoms with Gasteiger partial charge in [0, 0.05) is 47.7 Å². The van der Waals surface area contributed by atoms with Crippen LogP contribution in [0.15, 0.2) is 42.6 Å². The minimum atomic E-state index is -0.560. The molecule has 1 aliphatic carbocycles. The van der Waals surface area contributed by atoms with E-state index in [2.05, 4.69) is 20.6 Å². The third-order valence-corrected chi connectivity index (χ3v) is 6.33. The molecule has 6 nitrogen and oxygen atoms in total. The first-order chi connectivity index (χ1) is 15.6. The lowest BCUT2D eigenvalue weighted by molar-refractivity contribution is 0.0920. The zero-order chi connectivity index (χ0) is 22.1. The highest BCUT2D eigenvalue weighted by atomic mass is 19.1. The van der Waals surface area contributed by atoms with Crippen molar-refractivity contribution in [2.75, 3.05) is 6.54 Å². The zero-order valence-electron chi connectivity index (χ0n) is 17.7. The van der Waals surface area contributed by atoms with E-state index in [4.69, 9.17) is 0 Å². The number of nitrogens with zero attached hydrogens (tertiary/aromatic N) is 1. The largest absolute Gasteiger partial charge is 0.358 e. The number of halogens is 1. The summed E-state index contributed by atoms with van der Waals surface area (Å²) in [6, 6.07) is 10.3. The highest BCUT2D eigenvalue weighted by molar-refractivity contribution is 5.98. The molecule has 0 radical (unpaired) electrons. The van der Waals surface area contributed by atoms with Gasteiger partial charge in [0.1, 0.15) is 5.82 Å². The number of benzene rings is 1. The maximum absolute atomic E-state index is 14.8. The number of pyridine rings is 1. The Bertz CT molecular complexity index is 1180. The summed E-state index contributed by atoms with van der Waals surface area (Å²) < 4.78 is 14.8. The molecule has 2 amide bonds. The molecule has 5 rings (SSSR count). The molecule has 0 spiro atoms. The molecule has 2 aliphatic rings. The van der Waals surface area contributed by atoms with Crippen molar-refractivity contribution in [1.29, 1.82) is 0 Å². The summed E-state index contributed by atoms with van der Waals surface area (Å²) in [5, 5.41) is 5.80. The maximum atomic E-state index is 14.8.